The van der Waals surface area contributed by atoms with E-state index in [0.29, 0.717) is 24.9 Å². The largest absolute Gasteiger partial charge is 0.337 e. The third kappa shape index (κ3) is 3.76. The van der Waals surface area contributed by atoms with Crippen molar-refractivity contribution in [2.24, 2.45) is 16.6 Å². The van der Waals surface area contributed by atoms with E-state index in [1.165, 1.54) is 5.56 Å². The Bertz CT molecular complexity index is 960. The number of hydrogen-bond acceptors (Lipinski definition) is 4. The molecule has 1 aromatic carbocycles. The molecule has 1 aromatic heterocycles. The van der Waals surface area contributed by atoms with Crippen molar-refractivity contribution in [1.82, 2.24) is 14.9 Å². The number of H-pyrrole nitrogens is 1. The first-order valence-corrected chi connectivity index (χ1v) is 11.7. The van der Waals surface area contributed by atoms with Gasteiger partial charge in [0.2, 0.25) is 0 Å². The highest BCUT2D eigenvalue weighted by molar-refractivity contribution is 6.18. The van der Waals surface area contributed by atoms with Gasteiger partial charge in [-0.1, -0.05) is 37.3 Å². The summed E-state index contributed by atoms with van der Waals surface area (Å²) in [6, 6.07) is 10.5. The summed E-state index contributed by atoms with van der Waals surface area (Å²) in [5, 5.41) is 0. The molecule has 7 nitrogen and oxygen atoms in total. The van der Waals surface area contributed by atoms with E-state index >= 15 is 0 Å². The number of imidazole rings is 1. The van der Waals surface area contributed by atoms with Crippen LogP contribution in [0.2, 0.25) is 0 Å². The Balaban J connectivity index is 1.44. The zero-order valence-electron chi connectivity index (χ0n) is 18.3. The Hall–Kier alpha value is -2.67. The number of amidine groups is 1. The minimum atomic E-state index is 0.00792. The Morgan fingerprint density at radius 2 is 1.94 bits per heavy atom. The minimum absolute atomic E-state index is 0.00792. The molecule has 0 saturated heterocycles. The number of aliphatic imine (C=N–C) groups is 1. The van der Waals surface area contributed by atoms with Gasteiger partial charge in [0.05, 0.1) is 12.6 Å². The molecule has 0 unspecified atom stereocenters. The van der Waals surface area contributed by atoms with Crippen molar-refractivity contribution in [2.75, 3.05) is 24.5 Å². The monoisotopic (exact) mass is 420 g/mol. The summed E-state index contributed by atoms with van der Waals surface area (Å²) in [5.74, 6) is 3.57. The van der Waals surface area contributed by atoms with Crippen LogP contribution in [0.25, 0.3) is 0 Å². The summed E-state index contributed by atoms with van der Waals surface area (Å²) in [6.45, 7) is 4.16. The third-order valence-electron chi connectivity index (χ3n) is 6.93. The molecule has 0 bridgehead atoms. The van der Waals surface area contributed by atoms with Crippen LogP contribution in [0, 0.1) is 5.92 Å². The predicted molar refractivity (Wildman–Crippen MR) is 123 cm³/mol. The normalized spacial score (nSPS) is 25.4. The minimum Gasteiger partial charge on any atom is -0.337 e. The maximum atomic E-state index is 13.3. The number of nitrogens with one attached hydrogen (secondary N) is 1. The van der Waals surface area contributed by atoms with Gasteiger partial charge in [-0.25, -0.2) is 9.78 Å². The highest BCUT2D eigenvalue weighted by Crippen LogP contribution is 2.38. The van der Waals surface area contributed by atoms with Crippen LogP contribution in [-0.2, 0) is 6.42 Å². The van der Waals surface area contributed by atoms with E-state index in [9.17, 15) is 4.79 Å². The van der Waals surface area contributed by atoms with Gasteiger partial charge in [-0.05, 0) is 56.6 Å². The van der Waals surface area contributed by atoms with E-state index in [2.05, 4.69) is 36.2 Å². The maximum absolute atomic E-state index is 13.3. The summed E-state index contributed by atoms with van der Waals surface area (Å²) < 4.78 is 0. The number of nitrogens with two attached hydrogens (primary N) is 1. The first-order chi connectivity index (χ1) is 15.2. The zero-order chi connectivity index (χ0) is 21.4. The highest BCUT2D eigenvalue weighted by atomic mass is 16.2. The fourth-order valence-corrected chi connectivity index (χ4v) is 5.20. The summed E-state index contributed by atoms with van der Waals surface area (Å²) in [6.07, 6.45) is 6.22. The topological polar surface area (TPSA) is 90.6 Å². The number of anilines is 1. The average molecular weight is 421 g/mol. The van der Waals surface area contributed by atoms with Crippen LogP contribution >= 0.6 is 0 Å². The van der Waals surface area contributed by atoms with Gasteiger partial charge in [0, 0.05) is 12.5 Å². The Labute approximate surface area is 183 Å². The molecule has 1 atom stereocenters. The lowest BCUT2D eigenvalue weighted by atomic mass is 9.82. The number of amides is 2. The lowest BCUT2D eigenvalue weighted by molar-refractivity contribution is 0.226. The van der Waals surface area contributed by atoms with Crippen molar-refractivity contribution in [2.45, 2.75) is 57.4 Å². The molecule has 3 N–H and O–H groups in total. The molecule has 0 spiro atoms. The first-order valence-electron chi connectivity index (χ1n) is 11.7. The number of nitrogens with zero attached hydrogens (tertiary/aromatic N) is 4. The van der Waals surface area contributed by atoms with Gasteiger partial charge < -0.3 is 10.7 Å². The summed E-state index contributed by atoms with van der Waals surface area (Å²) >= 11 is 0. The molecule has 1 fully saturated rings. The van der Waals surface area contributed by atoms with Crippen LogP contribution in [0.1, 0.15) is 62.0 Å². The van der Waals surface area contributed by atoms with Gasteiger partial charge in [-0.15, -0.1) is 0 Å². The molecule has 1 aliphatic carbocycles. The molecule has 5 rings (SSSR count). The quantitative estimate of drug-likeness (QED) is 0.747. The number of hydrogen-bond donors (Lipinski definition) is 2. The number of carbonyl (C=O) groups excluding carboxylic acids is 1. The highest BCUT2D eigenvalue weighted by Gasteiger charge is 2.42. The van der Waals surface area contributed by atoms with Crippen molar-refractivity contribution in [3.63, 3.8) is 0 Å². The van der Waals surface area contributed by atoms with Crippen molar-refractivity contribution in [1.29, 1.82) is 0 Å². The van der Waals surface area contributed by atoms with Crippen LogP contribution in [0.5, 0.6) is 0 Å². The van der Waals surface area contributed by atoms with Crippen LogP contribution in [-0.4, -0.2) is 52.4 Å². The van der Waals surface area contributed by atoms with E-state index in [4.69, 9.17) is 15.7 Å². The van der Waals surface area contributed by atoms with E-state index in [1.54, 1.807) is 0 Å². The molecule has 2 aromatic rings. The van der Waals surface area contributed by atoms with Gasteiger partial charge in [0.25, 0.3) is 0 Å². The SMILES string of the molecule is CCCN1C(=O)N2C[C@@H](Cc3ccccc3)N=C2c2[nH]c([C@H]3CC[C@H](CN)CC3)nc21. The van der Waals surface area contributed by atoms with Crippen molar-refractivity contribution in [3.8, 4) is 0 Å². The number of carbonyl (C=O) groups is 1. The maximum Gasteiger partial charge on any atom is 0.331 e. The molecule has 1 saturated carbocycles. The van der Waals surface area contributed by atoms with Gasteiger partial charge in [-0.2, -0.15) is 0 Å². The lowest BCUT2D eigenvalue weighted by Crippen LogP contribution is -2.50. The molecule has 0 radical (unpaired) electrons. The van der Waals surface area contributed by atoms with Crippen molar-refractivity contribution < 1.29 is 4.79 Å². The molecular formula is C24H32N6O. The Morgan fingerprint density at radius 3 is 2.65 bits per heavy atom. The summed E-state index contributed by atoms with van der Waals surface area (Å²) in [7, 11) is 0. The van der Waals surface area contributed by atoms with Crippen molar-refractivity contribution >= 4 is 17.7 Å². The molecule has 3 aliphatic rings. The van der Waals surface area contributed by atoms with Crippen LogP contribution in [0.15, 0.2) is 35.3 Å². The van der Waals surface area contributed by atoms with E-state index in [1.807, 2.05) is 15.9 Å². The molecule has 2 amide bonds. The Kier molecular flexibility index (Phi) is 5.52. The second-order valence-electron chi connectivity index (χ2n) is 9.12. The predicted octanol–water partition coefficient (Wildman–Crippen LogP) is 3.67. The lowest BCUT2D eigenvalue weighted by Gasteiger charge is -2.32. The first kappa shape index (κ1) is 20.2. The summed E-state index contributed by atoms with van der Waals surface area (Å²) in [4.78, 5) is 30.5. The van der Waals surface area contributed by atoms with Crippen LogP contribution in [0.3, 0.4) is 0 Å². The standard InChI is InChI=1S/C24H32N6O/c1-2-12-29-23-20(27-21(28-23)18-10-8-17(14-25)9-11-18)22-26-19(15-30(22)24(29)31)13-16-6-4-3-5-7-16/h3-7,17-19H,2,8-15,25H2,1H3,(H,27,28)/t17-,18-,19-/m1/s1. The third-order valence-corrected chi connectivity index (χ3v) is 6.93. The average Bonchev–Trinajstić information content (AvgIpc) is 3.42. The molecule has 7 heteroatoms. The van der Waals surface area contributed by atoms with Crippen LogP contribution in [0.4, 0.5) is 10.6 Å². The number of aromatic amines is 1. The molecular weight excluding hydrogens is 388 g/mol. The zero-order valence-corrected chi connectivity index (χ0v) is 18.3. The van der Waals surface area contributed by atoms with Gasteiger partial charge in [-0.3, -0.25) is 14.8 Å². The number of fused-ring (bicyclic) bond motifs is 3. The van der Waals surface area contributed by atoms with Crippen LogP contribution < -0.4 is 10.6 Å². The number of benzene rings is 1. The molecule has 2 aliphatic heterocycles. The summed E-state index contributed by atoms with van der Waals surface area (Å²) in [5.41, 5.74) is 8.03. The number of aromatic nitrogens is 2. The fraction of sp³-hybridized carbons (Fsp3) is 0.542. The fourth-order valence-electron chi connectivity index (χ4n) is 5.20. The van der Waals surface area contributed by atoms with Gasteiger partial charge in [0.1, 0.15) is 11.5 Å². The molecule has 31 heavy (non-hydrogen) atoms. The van der Waals surface area contributed by atoms with E-state index in [-0.39, 0.29) is 12.1 Å². The van der Waals surface area contributed by atoms with Crippen molar-refractivity contribution in [3.05, 3.63) is 47.4 Å². The van der Waals surface area contributed by atoms with Gasteiger partial charge >= 0.3 is 6.03 Å². The second kappa shape index (κ2) is 8.46. The smallest absolute Gasteiger partial charge is 0.331 e. The van der Waals surface area contributed by atoms with E-state index < -0.39 is 0 Å². The second-order valence-corrected chi connectivity index (χ2v) is 9.12. The number of rotatable bonds is 6. The Morgan fingerprint density at radius 1 is 1.16 bits per heavy atom. The van der Waals surface area contributed by atoms with Gasteiger partial charge in [0.15, 0.2) is 11.7 Å². The number of urea groups is 1. The molecule has 164 valence electrons. The van der Waals surface area contributed by atoms with E-state index in [0.717, 1.165) is 68.2 Å². The molecule has 3 heterocycles.